The summed E-state index contributed by atoms with van der Waals surface area (Å²) in [5, 5.41) is 8.75. The molecule has 0 aromatic rings. The van der Waals surface area contributed by atoms with Gasteiger partial charge in [-0.2, -0.15) is 0 Å². The van der Waals surface area contributed by atoms with E-state index in [1.165, 1.54) is 0 Å². The molecule has 0 spiro atoms. The molecular weight excluding hydrogens is 170 g/mol. The van der Waals surface area contributed by atoms with E-state index in [0.29, 0.717) is 13.2 Å². The van der Waals surface area contributed by atoms with Gasteiger partial charge in [0.2, 0.25) is 0 Å². The topological polar surface area (TPSA) is 72.6 Å². The molecule has 0 aliphatic carbocycles. The van der Waals surface area contributed by atoms with Crippen LogP contribution in [0.25, 0.3) is 0 Å². The molecule has 2 unspecified atom stereocenters. The van der Waals surface area contributed by atoms with Gasteiger partial charge in [0.1, 0.15) is 0 Å². The summed E-state index contributed by atoms with van der Waals surface area (Å²) in [4.78, 5) is 10.6. The smallest absolute Gasteiger partial charge is 0.303 e. The molecule has 3 N–H and O–H groups in total. The standard InChI is InChI=1S/C9H17NO3/c1-7-4-9(6-10,2-3-13-7)5-8(11)12/h7H,2-6,10H2,1H3,(H,11,12). The lowest BCUT2D eigenvalue weighted by Gasteiger charge is -2.38. The highest BCUT2D eigenvalue weighted by molar-refractivity contribution is 5.67. The zero-order valence-corrected chi connectivity index (χ0v) is 7.95. The van der Waals surface area contributed by atoms with E-state index in [-0.39, 0.29) is 17.9 Å². The van der Waals surface area contributed by atoms with Crippen LogP contribution in [0.4, 0.5) is 0 Å². The second-order valence-corrected chi connectivity index (χ2v) is 3.91. The Morgan fingerprint density at radius 1 is 1.77 bits per heavy atom. The summed E-state index contributed by atoms with van der Waals surface area (Å²) in [6.45, 7) is 3.03. The SMILES string of the molecule is CC1CC(CN)(CC(=O)O)CCO1. The molecule has 0 bridgehead atoms. The van der Waals surface area contributed by atoms with Gasteiger partial charge in [-0.1, -0.05) is 0 Å². The highest BCUT2D eigenvalue weighted by Gasteiger charge is 2.36. The number of hydrogen-bond acceptors (Lipinski definition) is 3. The van der Waals surface area contributed by atoms with Crippen LogP contribution in [0, 0.1) is 5.41 Å². The van der Waals surface area contributed by atoms with E-state index in [1.807, 2.05) is 6.92 Å². The summed E-state index contributed by atoms with van der Waals surface area (Å²) in [6, 6.07) is 0. The third-order valence-electron chi connectivity index (χ3n) is 2.71. The Morgan fingerprint density at radius 2 is 2.46 bits per heavy atom. The first-order valence-corrected chi connectivity index (χ1v) is 4.61. The number of carbonyl (C=O) groups is 1. The van der Waals surface area contributed by atoms with E-state index in [9.17, 15) is 4.79 Å². The van der Waals surface area contributed by atoms with Crippen molar-refractivity contribution in [2.24, 2.45) is 11.1 Å². The van der Waals surface area contributed by atoms with Crippen molar-refractivity contribution in [3.63, 3.8) is 0 Å². The van der Waals surface area contributed by atoms with Gasteiger partial charge in [-0.3, -0.25) is 4.79 Å². The second kappa shape index (κ2) is 4.07. The first-order valence-electron chi connectivity index (χ1n) is 4.61. The van der Waals surface area contributed by atoms with Crippen molar-refractivity contribution in [1.29, 1.82) is 0 Å². The molecule has 1 aliphatic rings. The Labute approximate surface area is 78.1 Å². The number of hydrogen-bond donors (Lipinski definition) is 2. The molecule has 1 heterocycles. The number of ether oxygens (including phenoxy) is 1. The molecule has 0 aromatic carbocycles. The van der Waals surface area contributed by atoms with E-state index < -0.39 is 5.97 Å². The fourth-order valence-corrected chi connectivity index (χ4v) is 1.99. The minimum Gasteiger partial charge on any atom is -0.481 e. The van der Waals surface area contributed by atoms with Crippen LogP contribution >= 0.6 is 0 Å². The van der Waals surface area contributed by atoms with Gasteiger partial charge in [-0.15, -0.1) is 0 Å². The normalized spacial score (nSPS) is 34.5. The highest BCUT2D eigenvalue weighted by Crippen LogP contribution is 2.35. The maximum atomic E-state index is 10.6. The van der Waals surface area contributed by atoms with Gasteiger partial charge in [-0.25, -0.2) is 0 Å². The van der Waals surface area contributed by atoms with Crippen molar-refractivity contribution >= 4 is 5.97 Å². The van der Waals surface area contributed by atoms with E-state index >= 15 is 0 Å². The molecule has 0 radical (unpaired) electrons. The Morgan fingerprint density at radius 3 is 2.92 bits per heavy atom. The maximum absolute atomic E-state index is 10.6. The molecule has 0 aromatic heterocycles. The van der Waals surface area contributed by atoms with Gasteiger partial charge in [0.05, 0.1) is 12.5 Å². The number of rotatable bonds is 3. The van der Waals surface area contributed by atoms with Crippen LogP contribution in [0.3, 0.4) is 0 Å². The molecule has 13 heavy (non-hydrogen) atoms. The first kappa shape index (κ1) is 10.5. The van der Waals surface area contributed by atoms with Gasteiger partial charge in [0.25, 0.3) is 0 Å². The lowest BCUT2D eigenvalue weighted by atomic mass is 9.75. The molecule has 0 amide bonds. The minimum absolute atomic E-state index is 0.136. The molecule has 1 saturated heterocycles. The first-order chi connectivity index (χ1) is 6.08. The van der Waals surface area contributed by atoms with Crippen molar-refractivity contribution in [1.82, 2.24) is 0 Å². The predicted molar refractivity (Wildman–Crippen MR) is 48.4 cm³/mol. The number of nitrogens with two attached hydrogens (primary N) is 1. The van der Waals surface area contributed by atoms with Crippen LogP contribution < -0.4 is 5.73 Å². The second-order valence-electron chi connectivity index (χ2n) is 3.91. The molecular formula is C9H17NO3. The summed E-state index contributed by atoms with van der Waals surface area (Å²) < 4.78 is 5.37. The average molecular weight is 187 g/mol. The molecule has 1 aliphatic heterocycles. The maximum Gasteiger partial charge on any atom is 0.303 e. The van der Waals surface area contributed by atoms with E-state index in [1.54, 1.807) is 0 Å². The van der Waals surface area contributed by atoms with Crippen molar-refractivity contribution in [2.75, 3.05) is 13.2 Å². The van der Waals surface area contributed by atoms with Crippen molar-refractivity contribution in [3.05, 3.63) is 0 Å². The van der Waals surface area contributed by atoms with E-state index in [4.69, 9.17) is 15.6 Å². The van der Waals surface area contributed by atoms with Crippen LogP contribution in [0.1, 0.15) is 26.2 Å². The van der Waals surface area contributed by atoms with Crippen LogP contribution in [-0.2, 0) is 9.53 Å². The summed E-state index contributed by atoms with van der Waals surface area (Å²) >= 11 is 0. The van der Waals surface area contributed by atoms with Gasteiger partial charge in [-0.05, 0) is 31.7 Å². The fourth-order valence-electron chi connectivity index (χ4n) is 1.99. The summed E-state index contributed by atoms with van der Waals surface area (Å²) in [6.07, 6.45) is 1.82. The predicted octanol–water partition coefficient (Wildman–Crippen LogP) is 0.605. The molecule has 0 saturated carbocycles. The average Bonchev–Trinajstić information content (AvgIpc) is 2.03. The molecule has 1 rings (SSSR count). The highest BCUT2D eigenvalue weighted by atomic mass is 16.5. The molecule has 4 heteroatoms. The van der Waals surface area contributed by atoms with E-state index in [2.05, 4.69) is 0 Å². The zero-order valence-electron chi connectivity index (χ0n) is 7.95. The molecule has 76 valence electrons. The van der Waals surface area contributed by atoms with Gasteiger partial charge >= 0.3 is 5.97 Å². The number of carboxylic acids is 1. The monoisotopic (exact) mass is 187 g/mol. The lowest BCUT2D eigenvalue weighted by Crippen LogP contribution is -2.41. The van der Waals surface area contributed by atoms with Gasteiger partial charge in [0.15, 0.2) is 0 Å². The largest absolute Gasteiger partial charge is 0.481 e. The van der Waals surface area contributed by atoms with Crippen molar-refractivity contribution in [3.8, 4) is 0 Å². The summed E-state index contributed by atoms with van der Waals surface area (Å²) in [7, 11) is 0. The van der Waals surface area contributed by atoms with Crippen LogP contribution in [-0.4, -0.2) is 30.3 Å². The Kier molecular flexibility index (Phi) is 3.27. The van der Waals surface area contributed by atoms with Crippen molar-refractivity contribution in [2.45, 2.75) is 32.3 Å². The molecule has 1 fully saturated rings. The molecule has 2 atom stereocenters. The van der Waals surface area contributed by atoms with Gasteiger partial charge < -0.3 is 15.6 Å². The fraction of sp³-hybridized carbons (Fsp3) is 0.889. The minimum atomic E-state index is -0.764. The Bertz CT molecular complexity index is 195. The van der Waals surface area contributed by atoms with Crippen LogP contribution in [0.15, 0.2) is 0 Å². The van der Waals surface area contributed by atoms with Gasteiger partial charge in [0, 0.05) is 6.61 Å². The summed E-state index contributed by atoms with van der Waals surface area (Å²) in [5.41, 5.74) is 5.40. The van der Waals surface area contributed by atoms with Crippen molar-refractivity contribution < 1.29 is 14.6 Å². The zero-order chi connectivity index (χ0) is 9.90. The number of aliphatic carboxylic acids is 1. The lowest BCUT2D eigenvalue weighted by molar-refractivity contribution is -0.142. The number of carboxylic acid groups (broad SMARTS) is 1. The Hall–Kier alpha value is -0.610. The third kappa shape index (κ3) is 2.67. The Balaban J connectivity index is 2.61. The molecule has 4 nitrogen and oxygen atoms in total. The van der Waals surface area contributed by atoms with Crippen LogP contribution in [0.2, 0.25) is 0 Å². The quantitative estimate of drug-likeness (QED) is 0.678. The third-order valence-corrected chi connectivity index (χ3v) is 2.71. The summed E-state index contributed by atoms with van der Waals surface area (Å²) in [5.74, 6) is -0.764. The van der Waals surface area contributed by atoms with E-state index in [0.717, 1.165) is 12.8 Å². The van der Waals surface area contributed by atoms with Crippen LogP contribution in [0.5, 0.6) is 0 Å².